The van der Waals surface area contributed by atoms with Crippen LogP contribution in [0.1, 0.15) is 23.1 Å². The zero-order chi connectivity index (χ0) is 16.8. The molecule has 122 valence electrons. The van der Waals surface area contributed by atoms with E-state index in [9.17, 15) is 9.18 Å². The molecule has 0 heterocycles. The number of hydroxylamine groups is 1. The number of nitrogens with one attached hydrogen (secondary N) is 2. The van der Waals surface area contributed by atoms with Gasteiger partial charge in [0.25, 0.3) is 5.91 Å². The predicted molar refractivity (Wildman–Crippen MR) is 88.0 cm³/mol. The van der Waals surface area contributed by atoms with E-state index in [1.165, 1.54) is 0 Å². The Morgan fingerprint density at radius 1 is 1.17 bits per heavy atom. The summed E-state index contributed by atoms with van der Waals surface area (Å²) in [5, 5.41) is 12.0. The van der Waals surface area contributed by atoms with Crippen LogP contribution >= 0.6 is 0 Å². The van der Waals surface area contributed by atoms with Crippen molar-refractivity contribution < 1.29 is 14.4 Å². The molecule has 0 aliphatic rings. The van der Waals surface area contributed by atoms with Crippen molar-refractivity contribution in [3.8, 4) is 0 Å². The Balaban J connectivity index is 2.11. The molecular formula is C18H21FN2O2. The maximum atomic E-state index is 13.7. The van der Waals surface area contributed by atoms with Gasteiger partial charge in [-0.1, -0.05) is 30.3 Å². The summed E-state index contributed by atoms with van der Waals surface area (Å²) >= 11 is 0. The van der Waals surface area contributed by atoms with Crippen LogP contribution in [0.4, 0.5) is 10.1 Å². The van der Waals surface area contributed by atoms with E-state index in [1.54, 1.807) is 31.5 Å². The lowest BCUT2D eigenvalue weighted by atomic mass is 10.0. The van der Waals surface area contributed by atoms with Crippen molar-refractivity contribution >= 4 is 11.6 Å². The molecule has 0 fully saturated rings. The van der Waals surface area contributed by atoms with Gasteiger partial charge >= 0.3 is 0 Å². The van der Waals surface area contributed by atoms with Crippen molar-refractivity contribution in [2.45, 2.75) is 32.7 Å². The van der Waals surface area contributed by atoms with Crippen LogP contribution in [0.15, 0.2) is 42.5 Å². The van der Waals surface area contributed by atoms with Gasteiger partial charge in [0, 0.05) is 5.69 Å². The van der Waals surface area contributed by atoms with Gasteiger partial charge in [-0.2, -0.15) is 0 Å². The molecule has 5 heteroatoms. The Labute approximate surface area is 135 Å². The van der Waals surface area contributed by atoms with Crippen molar-refractivity contribution in [1.82, 2.24) is 5.48 Å². The average Bonchev–Trinajstić information content (AvgIpc) is 2.56. The first-order chi connectivity index (χ1) is 11.0. The highest BCUT2D eigenvalue weighted by Crippen LogP contribution is 2.20. The summed E-state index contributed by atoms with van der Waals surface area (Å²) < 4.78 is 13.7. The average molecular weight is 316 g/mol. The van der Waals surface area contributed by atoms with Gasteiger partial charge in [0.05, 0.1) is 0 Å². The van der Waals surface area contributed by atoms with Crippen LogP contribution in [-0.2, 0) is 11.2 Å². The van der Waals surface area contributed by atoms with Crippen LogP contribution in [0, 0.1) is 19.7 Å². The molecule has 1 amide bonds. The predicted octanol–water partition coefficient (Wildman–Crippen LogP) is 3.36. The molecule has 3 N–H and O–H groups in total. The molecule has 0 saturated heterocycles. The third-order valence-corrected chi connectivity index (χ3v) is 3.77. The van der Waals surface area contributed by atoms with Crippen molar-refractivity contribution in [2.75, 3.05) is 5.32 Å². The molecule has 0 spiro atoms. The van der Waals surface area contributed by atoms with E-state index in [-0.39, 0.29) is 5.82 Å². The standard InChI is InChI=1S/C18H21FN2O2/c1-12-10-15(11-13(2)17(12)19)20-16(18(22)21-23)9-8-14-6-4-3-5-7-14/h3-7,10-11,16,20,23H,8-9H2,1-2H3,(H,21,22). The van der Waals surface area contributed by atoms with Crippen LogP contribution in [0.3, 0.4) is 0 Å². The minimum absolute atomic E-state index is 0.247. The number of anilines is 1. The number of amides is 1. The number of carbonyl (C=O) groups excluding carboxylic acids is 1. The minimum atomic E-state index is -0.607. The minimum Gasteiger partial charge on any atom is -0.374 e. The van der Waals surface area contributed by atoms with Crippen molar-refractivity contribution in [3.63, 3.8) is 0 Å². The fourth-order valence-corrected chi connectivity index (χ4v) is 2.53. The number of aryl methyl sites for hydroxylation is 3. The monoisotopic (exact) mass is 316 g/mol. The van der Waals surface area contributed by atoms with Crippen LogP contribution in [-0.4, -0.2) is 17.2 Å². The molecule has 0 aliphatic carbocycles. The molecule has 23 heavy (non-hydrogen) atoms. The second-order valence-electron chi connectivity index (χ2n) is 5.62. The van der Waals surface area contributed by atoms with Crippen LogP contribution in [0.5, 0.6) is 0 Å². The third kappa shape index (κ3) is 4.53. The van der Waals surface area contributed by atoms with Crippen molar-refractivity contribution in [3.05, 3.63) is 65.0 Å². The SMILES string of the molecule is Cc1cc(NC(CCc2ccccc2)C(=O)NO)cc(C)c1F. The summed E-state index contributed by atoms with van der Waals surface area (Å²) in [4.78, 5) is 11.9. The lowest BCUT2D eigenvalue weighted by molar-refractivity contribution is -0.130. The number of hydrogen-bond acceptors (Lipinski definition) is 3. The van der Waals surface area contributed by atoms with Gasteiger partial charge in [-0.15, -0.1) is 0 Å². The van der Waals surface area contributed by atoms with E-state index in [2.05, 4.69) is 5.32 Å². The largest absolute Gasteiger partial charge is 0.374 e. The molecule has 2 aromatic carbocycles. The molecule has 0 aromatic heterocycles. The summed E-state index contributed by atoms with van der Waals surface area (Å²) in [6, 6.07) is 12.5. The van der Waals surface area contributed by atoms with Crippen molar-refractivity contribution in [2.24, 2.45) is 0 Å². The first kappa shape index (κ1) is 17.0. The second-order valence-corrected chi connectivity index (χ2v) is 5.62. The third-order valence-electron chi connectivity index (χ3n) is 3.77. The van der Waals surface area contributed by atoms with E-state index in [1.807, 2.05) is 30.3 Å². The van der Waals surface area contributed by atoms with Gasteiger partial charge in [0.15, 0.2) is 0 Å². The maximum Gasteiger partial charge on any atom is 0.265 e. The Hall–Kier alpha value is -2.40. The zero-order valence-electron chi connectivity index (χ0n) is 13.3. The summed E-state index contributed by atoms with van der Waals surface area (Å²) in [7, 11) is 0. The van der Waals surface area contributed by atoms with Crippen molar-refractivity contribution in [1.29, 1.82) is 0 Å². The first-order valence-electron chi connectivity index (χ1n) is 7.52. The number of halogens is 1. The highest BCUT2D eigenvalue weighted by molar-refractivity contribution is 5.83. The van der Waals surface area contributed by atoms with Gasteiger partial charge in [0.2, 0.25) is 0 Å². The number of rotatable bonds is 6. The highest BCUT2D eigenvalue weighted by atomic mass is 19.1. The van der Waals surface area contributed by atoms with E-state index in [4.69, 9.17) is 5.21 Å². The lowest BCUT2D eigenvalue weighted by Crippen LogP contribution is -2.38. The molecule has 1 atom stereocenters. The maximum absolute atomic E-state index is 13.7. The van der Waals surface area contributed by atoms with E-state index in [0.717, 1.165) is 5.56 Å². The fourth-order valence-electron chi connectivity index (χ4n) is 2.53. The lowest BCUT2D eigenvalue weighted by Gasteiger charge is -2.19. The molecule has 0 aliphatic heterocycles. The summed E-state index contributed by atoms with van der Waals surface area (Å²) in [5.74, 6) is -0.761. The first-order valence-corrected chi connectivity index (χ1v) is 7.52. The van der Waals surface area contributed by atoms with Crippen LogP contribution in [0.25, 0.3) is 0 Å². The van der Waals surface area contributed by atoms with Gasteiger partial charge in [-0.3, -0.25) is 10.0 Å². The number of benzene rings is 2. The smallest absolute Gasteiger partial charge is 0.265 e. The van der Waals surface area contributed by atoms with Gasteiger partial charge < -0.3 is 5.32 Å². The van der Waals surface area contributed by atoms with Gasteiger partial charge in [0.1, 0.15) is 11.9 Å². The molecule has 2 rings (SSSR count). The number of carbonyl (C=O) groups is 1. The van der Waals surface area contributed by atoms with E-state index in [0.29, 0.717) is 29.7 Å². The van der Waals surface area contributed by atoms with Crippen LogP contribution < -0.4 is 10.8 Å². The Kier molecular flexibility index (Phi) is 5.71. The van der Waals surface area contributed by atoms with Crippen LogP contribution in [0.2, 0.25) is 0 Å². The summed E-state index contributed by atoms with van der Waals surface area (Å²) in [6.07, 6.45) is 1.19. The Morgan fingerprint density at radius 3 is 2.35 bits per heavy atom. The Morgan fingerprint density at radius 2 is 1.78 bits per heavy atom. The van der Waals surface area contributed by atoms with E-state index >= 15 is 0 Å². The Bertz CT molecular complexity index is 651. The summed E-state index contributed by atoms with van der Waals surface area (Å²) in [6.45, 7) is 3.36. The zero-order valence-corrected chi connectivity index (χ0v) is 13.3. The molecule has 1 unspecified atom stereocenters. The molecule has 0 radical (unpaired) electrons. The number of hydrogen-bond donors (Lipinski definition) is 3. The van der Waals surface area contributed by atoms with Gasteiger partial charge in [-0.25, -0.2) is 9.87 Å². The normalized spacial score (nSPS) is 11.8. The van der Waals surface area contributed by atoms with E-state index < -0.39 is 11.9 Å². The second kappa shape index (κ2) is 7.74. The topological polar surface area (TPSA) is 61.4 Å². The highest BCUT2D eigenvalue weighted by Gasteiger charge is 2.18. The molecule has 4 nitrogen and oxygen atoms in total. The molecule has 0 saturated carbocycles. The molecular weight excluding hydrogens is 295 g/mol. The quantitative estimate of drug-likeness (QED) is 0.566. The summed E-state index contributed by atoms with van der Waals surface area (Å²) in [5.41, 5.74) is 4.48. The molecule has 0 bridgehead atoms. The molecule has 2 aromatic rings. The fraction of sp³-hybridized carbons (Fsp3) is 0.278. The van der Waals surface area contributed by atoms with Gasteiger partial charge in [-0.05, 0) is 55.5 Å².